The van der Waals surface area contributed by atoms with E-state index in [0.717, 1.165) is 43.0 Å². The maximum atomic E-state index is 13.7. The molecule has 8 heteroatoms. The largest absolute Gasteiger partial charge is 0.331 e. The highest BCUT2D eigenvalue weighted by Gasteiger charge is 2.72. The fourth-order valence-electron chi connectivity index (χ4n) is 5.69. The van der Waals surface area contributed by atoms with Crippen molar-refractivity contribution >= 4 is 23.3 Å². The Morgan fingerprint density at radius 2 is 1.83 bits per heavy atom. The van der Waals surface area contributed by atoms with Crippen LogP contribution in [0.1, 0.15) is 37.3 Å². The molecule has 1 unspecified atom stereocenters. The number of hydrogen-bond acceptors (Lipinski definition) is 4. The van der Waals surface area contributed by atoms with Crippen LogP contribution < -0.4 is 0 Å². The predicted octanol–water partition coefficient (Wildman–Crippen LogP) is 3.84. The summed E-state index contributed by atoms with van der Waals surface area (Å²) in [4.78, 5) is 22.0. The van der Waals surface area contributed by atoms with Crippen molar-refractivity contribution in [2.45, 2.75) is 38.3 Å². The van der Waals surface area contributed by atoms with Crippen LogP contribution in [0.4, 0.5) is 8.78 Å². The quantitative estimate of drug-likeness (QED) is 0.660. The number of benzene rings is 1. The van der Waals surface area contributed by atoms with Crippen LogP contribution in [0, 0.1) is 22.5 Å². The molecular weight excluding hydrogens is 388 g/mol. The Morgan fingerprint density at radius 3 is 2.60 bits per heavy atom. The number of carbonyl (C=O) groups is 1. The van der Waals surface area contributed by atoms with Crippen LogP contribution in [0.3, 0.4) is 0 Å². The topological polar surface area (TPSA) is 63.4 Å². The van der Waals surface area contributed by atoms with E-state index in [1.165, 1.54) is 17.1 Å². The number of carbonyl (C=O) groups excluding carboxylic acids is 1. The van der Waals surface area contributed by atoms with Gasteiger partial charge in [-0.15, -0.1) is 0 Å². The number of hydrogen-bond donors (Lipinski definition) is 0. The lowest BCUT2D eigenvalue weighted by molar-refractivity contribution is -0.222. The van der Waals surface area contributed by atoms with Crippen LogP contribution in [0.2, 0.25) is 0 Å². The van der Waals surface area contributed by atoms with Gasteiger partial charge in [-0.05, 0) is 48.4 Å². The van der Waals surface area contributed by atoms with Gasteiger partial charge in [0.1, 0.15) is 17.2 Å². The van der Waals surface area contributed by atoms with Gasteiger partial charge < -0.3 is 4.57 Å². The summed E-state index contributed by atoms with van der Waals surface area (Å²) in [5, 5.41) is 5.69. The number of nitrogens with zero attached hydrogens (tertiary/aromatic N) is 5. The van der Waals surface area contributed by atoms with Crippen LogP contribution in [-0.4, -0.2) is 31.7 Å². The average molecular weight is 407 g/mol. The van der Waals surface area contributed by atoms with E-state index in [4.69, 9.17) is 0 Å². The third-order valence-electron chi connectivity index (χ3n) is 6.80. The summed E-state index contributed by atoms with van der Waals surface area (Å²) in [5.74, 6) is -1.32. The van der Waals surface area contributed by atoms with Crippen LogP contribution in [-0.2, 0) is 11.3 Å². The summed E-state index contributed by atoms with van der Waals surface area (Å²) < 4.78 is 29.5. The minimum atomic E-state index is -0.643. The summed E-state index contributed by atoms with van der Waals surface area (Å²) in [6.45, 7) is 0.812. The van der Waals surface area contributed by atoms with E-state index >= 15 is 0 Å². The molecule has 3 saturated carbocycles. The molecule has 30 heavy (non-hydrogen) atoms. The first-order valence-corrected chi connectivity index (χ1v) is 10.1. The monoisotopic (exact) mass is 407 g/mol. The number of rotatable bonds is 4. The number of aromatic nitrogens is 3. The second-order valence-corrected chi connectivity index (χ2v) is 8.92. The second-order valence-electron chi connectivity index (χ2n) is 8.92. The minimum absolute atomic E-state index is 0.0371. The smallest absolute Gasteiger partial charge is 0.249 e. The molecule has 7 rings (SSSR count). The molecule has 0 radical (unpaired) electrons. The van der Waals surface area contributed by atoms with Gasteiger partial charge in [0.25, 0.3) is 0 Å². The van der Waals surface area contributed by atoms with E-state index in [2.05, 4.69) is 19.6 Å². The molecule has 1 atom stereocenters. The fourth-order valence-corrected chi connectivity index (χ4v) is 5.69. The van der Waals surface area contributed by atoms with E-state index in [1.54, 1.807) is 18.6 Å². The molecular formula is C22H19F2N5O. The van der Waals surface area contributed by atoms with E-state index in [9.17, 15) is 13.6 Å². The predicted molar refractivity (Wildman–Crippen MR) is 105 cm³/mol. The van der Waals surface area contributed by atoms with Gasteiger partial charge in [-0.1, -0.05) is 0 Å². The summed E-state index contributed by atoms with van der Waals surface area (Å²) >= 11 is 0. The molecule has 3 aromatic rings. The van der Waals surface area contributed by atoms with Gasteiger partial charge in [0, 0.05) is 43.8 Å². The van der Waals surface area contributed by atoms with Gasteiger partial charge in [0.2, 0.25) is 5.91 Å². The van der Waals surface area contributed by atoms with Gasteiger partial charge in [0.15, 0.2) is 5.65 Å². The standard InChI is InChI=1S/C22H19F2N5O/c23-15-7-14(8-16(24)9-15)18-1-3-27-29(18)20(30)22-10-21(11-22,12-22)13-28-6-2-17-19(28)26-5-4-25-17/h2-9,18H,1,10-13H2. The van der Waals surface area contributed by atoms with Crippen molar-refractivity contribution in [1.82, 2.24) is 19.5 Å². The van der Waals surface area contributed by atoms with E-state index in [1.807, 2.05) is 12.3 Å². The second kappa shape index (κ2) is 5.93. The highest BCUT2D eigenvalue weighted by atomic mass is 19.1. The first kappa shape index (κ1) is 17.7. The van der Waals surface area contributed by atoms with Gasteiger partial charge in [-0.3, -0.25) is 9.78 Å². The van der Waals surface area contributed by atoms with Gasteiger partial charge >= 0.3 is 0 Å². The third kappa shape index (κ3) is 2.45. The van der Waals surface area contributed by atoms with Crippen LogP contribution in [0.15, 0.2) is 48.0 Å². The maximum Gasteiger partial charge on any atom is 0.249 e. The lowest BCUT2D eigenvalue weighted by Crippen LogP contribution is -2.68. The summed E-state index contributed by atoms with van der Waals surface area (Å²) in [6.07, 6.45) is 9.88. The minimum Gasteiger partial charge on any atom is -0.331 e. The lowest BCUT2D eigenvalue weighted by atomic mass is 9.34. The van der Waals surface area contributed by atoms with Crippen molar-refractivity contribution in [3.63, 3.8) is 0 Å². The number of hydrazone groups is 1. The van der Waals surface area contributed by atoms with Crippen molar-refractivity contribution in [3.05, 3.63) is 60.1 Å². The molecule has 3 fully saturated rings. The molecule has 3 aliphatic carbocycles. The average Bonchev–Trinajstić information content (AvgIpc) is 3.29. The van der Waals surface area contributed by atoms with E-state index in [-0.39, 0.29) is 11.3 Å². The zero-order chi connectivity index (χ0) is 20.5. The lowest BCUT2D eigenvalue weighted by Gasteiger charge is -2.70. The zero-order valence-corrected chi connectivity index (χ0v) is 16.1. The summed E-state index contributed by atoms with van der Waals surface area (Å²) in [6, 6.07) is 4.91. The first-order chi connectivity index (χ1) is 14.5. The van der Waals surface area contributed by atoms with Crippen molar-refractivity contribution in [2.24, 2.45) is 15.9 Å². The Bertz CT molecular complexity index is 1180. The Labute approximate surface area is 171 Å². The molecule has 0 saturated heterocycles. The number of amides is 1. The van der Waals surface area contributed by atoms with Gasteiger partial charge in [-0.2, -0.15) is 5.10 Å². The normalized spacial score (nSPS) is 29.1. The summed E-state index contributed by atoms with van der Waals surface area (Å²) in [7, 11) is 0. The maximum absolute atomic E-state index is 13.7. The Morgan fingerprint density at radius 1 is 1.10 bits per heavy atom. The highest BCUT2D eigenvalue weighted by Crippen LogP contribution is 2.74. The summed E-state index contributed by atoms with van der Waals surface area (Å²) in [5.41, 5.74) is 1.87. The highest BCUT2D eigenvalue weighted by molar-refractivity contribution is 5.88. The molecule has 6 nitrogen and oxygen atoms in total. The van der Waals surface area contributed by atoms with Crippen molar-refractivity contribution < 1.29 is 13.6 Å². The molecule has 1 aromatic carbocycles. The number of fused-ring (bicyclic) bond motifs is 1. The van der Waals surface area contributed by atoms with Crippen molar-refractivity contribution in [1.29, 1.82) is 0 Å². The van der Waals surface area contributed by atoms with Crippen molar-refractivity contribution in [2.75, 3.05) is 0 Å². The van der Waals surface area contributed by atoms with Crippen LogP contribution >= 0.6 is 0 Å². The molecule has 2 bridgehead atoms. The van der Waals surface area contributed by atoms with Gasteiger partial charge in [-0.25, -0.2) is 18.8 Å². The molecule has 0 spiro atoms. The van der Waals surface area contributed by atoms with Crippen LogP contribution in [0.5, 0.6) is 0 Å². The van der Waals surface area contributed by atoms with Crippen molar-refractivity contribution in [3.8, 4) is 0 Å². The number of halogens is 2. The molecule has 4 aliphatic rings. The zero-order valence-electron chi connectivity index (χ0n) is 16.1. The molecule has 1 amide bonds. The SMILES string of the molecule is O=C(N1N=CCC1c1cc(F)cc(F)c1)C12CC(Cn3ccc4nccnc43)(C1)C2. The molecule has 3 heterocycles. The van der Waals surface area contributed by atoms with E-state index < -0.39 is 23.1 Å². The molecule has 152 valence electrons. The molecule has 1 aliphatic heterocycles. The van der Waals surface area contributed by atoms with Gasteiger partial charge in [0.05, 0.1) is 11.5 Å². The Hall–Kier alpha value is -3.16. The van der Waals surface area contributed by atoms with E-state index in [0.29, 0.717) is 12.0 Å². The van der Waals surface area contributed by atoms with Crippen LogP contribution in [0.25, 0.3) is 11.2 Å². The fraction of sp³-hybridized carbons (Fsp3) is 0.364. The Balaban J connectivity index is 1.18. The molecule has 2 aromatic heterocycles. The Kier molecular flexibility index (Phi) is 3.50. The molecule has 0 N–H and O–H groups in total. The third-order valence-corrected chi connectivity index (χ3v) is 6.80. The first-order valence-electron chi connectivity index (χ1n) is 10.1.